The topological polar surface area (TPSA) is 66.9 Å². The van der Waals surface area contributed by atoms with E-state index in [1.807, 2.05) is 12.1 Å². The van der Waals surface area contributed by atoms with Crippen molar-refractivity contribution in [3.8, 4) is 0 Å². The molecule has 1 aliphatic carbocycles. The van der Waals surface area contributed by atoms with E-state index < -0.39 is 0 Å². The summed E-state index contributed by atoms with van der Waals surface area (Å²) in [6, 6.07) is 9.18. The molecule has 1 saturated carbocycles. The monoisotopic (exact) mass is 350 g/mol. The number of amides is 1. The van der Waals surface area contributed by atoms with Gasteiger partial charge in [-0.2, -0.15) is 0 Å². The van der Waals surface area contributed by atoms with Gasteiger partial charge in [-0.05, 0) is 49.1 Å². The second-order valence-corrected chi connectivity index (χ2v) is 6.31. The Kier molecular flexibility index (Phi) is 4.98. The van der Waals surface area contributed by atoms with Crippen LogP contribution in [0.25, 0.3) is 0 Å². The fourth-order valence-corrected chi connectivity index (χ4v) is 2.59. The number of rotatable bonds is 6. The predicted molar refractivity (Wildman–Crippen MR) is 91.2 cm³/mol. The van der Waals surface area contributed by atoms with Crippen LogP contribution >= 0.6 is 23.2 Å². The Morgan fingerprint density at radius 2 is 2.00 bits per heavy atom. The molecular weight excluding hydrogens is 335 g/mol. The number of aromatic nitrogens is 2. The fourth-order valence-electron chi connectivity index (χ4n) is 2.08. The standard InChI is InChI=1S/C16H16Cl2N4O/c17-11-2-1-10(13(18)9-11)7-8-19-15-6-5-14(21-22-15)16(23)20-12-3-4-12/h1-2,5-6,9,12H,3-4,7-8H2,(H,19,22)(H,20,23). The number of nitrogens with one attached hydrogen (secondary N) is 2. The Bertz CT molecular complexity index is 702. The minimum atomic E-state index is -0.167. The summed E-state index contributed by atoms with van der Waals surface area (Å²) in [5.74, 6) is 0.456. The van der Waals surface area contributed by atoms with Crippen molar-refractivity contribution >= 4 is 34.9 Å². The van der Waals surface area contributed by atoms with Crippen LogP contribution in [-0.2, 0) is 6.42 Å². The number of hydrogen-bond donors (Lipinski definition) is 2. The van der Waals surface area contributed by atoms with Crippen LogP contribution in [0.3, 0.4) is 0 Å². The fraction of sp³-hybridized carbons (Fsp3) is 0.312. The van der Waals surface area contributed by atoms with Crippen LogP contribution < -0.4 is 10.6 Å². The molecule has 120 valence electrons. The first kappa shape index (κ1) is 16.0. The summed E-state index contributed by atoms with van der Waals surface area (Å²) in [5.41, 5.74) is 1.35. The average Bonchev–Trinajstić information content (AvgIpc) is 3.34. The van der Waals surface area contributed by atoms with E-state index in [1.54, 1.807) is 18.2 Å². The van der Waals surface area contributed by atoms with Crippen molar-refractivity contribution in [2.75, 3.05) is 11.9 Å². The molecular formula is C16H16Cl2N4O. The zero-order chi connectivity index (χ0) is 16.2. The lowest BCUT2D eigenvalue weighted by atomic mass is 10.1. The Hall–Kier alpha value is -1.85. The van der Waals surface area contributed by atoms with Crippen LogP contribution in [0.1, 0.15) is 28.9 Å². The molecule has 1 amide bonds. The summed E-state index contributed by atoms with van der Waals surface area (Å²) >= 11 is 12.0. The van der Waals surface area contributed by atoms with E-state index in [1.165, 1.54) is 0 Å². The first-order valence-corrected chi connectivity index (χ1v) is 8.20. The smallest absolute Gasteiger partial charge is 0.272 e. The summed E-state index contributed by atoms with van der Waals surface area (Å²) in [7, 11) is 0. The highest BCUT2D eigenvalue weighted by molar-refractivity contribution is 6.35. The van der Waals surface area contributed by atoms with Gasteiger partial charge in [-0.1, -0.05) is 29.3 Å². The number of anilines is 1. The van der Waals surface area contributed by atoms with E-state index in [0.717, 1.165) is 24.8 Å². The van der Waals surface area contributed by atoms with Gasteiger partial charge in [-0.25, -0.2) is 0 Å². The van der Waals surface area contributed by atoms with E-state index in [4.69, 9.17) is 23.2 Å². The third-order valence-corrected chi connectivity index (χ3v) is 4.11. The molecule has 0 aliphatic heterocycles. The number of carbonyl (C=O) groups excluding carboxylic acids is 1. The molecule has 0 unspecified atom stereocenters. The minimum Gasteiger partial charge on any atom is -0.368 e. The van der Waals surface area contributed by atoms with Crippen LogP contribution in [0, 0.1) is 0 Å². The van der Waals surface area contributed by atoms with Gasteiger partial charge in [0.05, 0.1) is 0 Å². The first-order chi connectivity index (χ1) is 11.1. The van der Waals surface area contributed by atoms with Gasteiger partial charge < -0.3 is 10.6 Å². The molecule has 0 spiro atoms. The van der Waals surface area contributed by atoms with Crippen LogP contribution in [0.5, 0.6) is 0 Å². The Morgan fingerprint density at radius 3 is 2.65 bits per heavy atom. The molecule has 7 heteroatoms. The zero-order valence-corrected chi connectivity index (χ0v) is 13.9. The Labute approximate surface area is 144 Å². The van der Waals surface area contributed by atoms with E-state index >= 15 is 0 Å². The molecule has 1 aromatic carbocycles. The van der Waals surface area contributed by atoms with E-state index in [9.17, 15) is 4.79 Å². The molecule has 1 aliphatic rings. The van der Waals surface area contributed by atoms with Gasteiger partial charge in [0.15, 0.2) is 5.69 Å². The van der Waals surface area contributed by atoms with Crippen LogP contribution in [-0.4, -0.2) is 28.7 Å². The predicted octanol–water partition coefficient (Wildman–Crippen LogP) is 3.33. The van der Waals surface area contributed by atoms with Gasteiger partial charge in [-0.3, -0.25) is 4.79 Å². The van der Waals surface area contributed by atoms with Gasteiger partial charge in [0, 0.05) is 22.6 Å². The Morgan fingerprint density at radius 1 is 1.17 bits per heavy atom. The number of carbonyl (C=O) groups is 1. The normalized spacial score (nSPS) is 13.7. The summed E-state index contributed by atoms with van der Waals surface area (Å²) < 4.78 is 0. The number of halogens is 2. The molecule has 0 radical (unpaired) electrons. The van der Waals surface area contributed by atoms with Gasteiger partial charge >= 0.3 is 0 Å². The number of nitrogens with zero attached hydrogens (tertiary/aromatic N) is 2. The second-order valence-electron chi connectivity index (χ2n) is 5.46. The number of benzene rings is 1. The highest BCUT2D eigenvalue weighted by Gasteiger charge is 2.24. The molecule has 1 aromatic heterocycles. The average molecular weight is 351 g/mol. The van der Waals surface area contributed by atoms with Crippen molar-refractivity contribution in [3.63, 3.8) is 0 Å². The lowest BCUT2D eigenvalue weighted by molar-refractivity contribution is 0.0945. The highest BCUT2D eigenvalue weighted by atomic mass is 35.5. The van der Waals surface area contributed by atoms with Crippen molar-refractivity contribution in [2.45, 2.75) is 25.3 Å². The molecule has 2 N–H and O–H groups in total. The van der Waals surface area contributed by atoms with Crippen molar-refractivity contribution in [1.29, 1.82) is 0 Å². The van der Waals surface area contributed by atoms with Gasteiger partial charge in [0.1, 0.15) is 5.82 Å². The van der Waals surface area contributed by atoms with Crippen LogP contribution in [0.4, 0.5) is 5.82 Å². The molecule has 3 rings (SSSR count). The van der Waals surface area contributed by atoms with Crippen LogP contribution in [0.2, 0.25) is 10.0 Å². The maximum absolute atomic E-state index is 11.8. The third kappa shape index (κ3) is 4.56. The summed E-state index contributed by atoms with van der Waals surface area (Å²) in [5, 5.41) is 15.3. The quantitative estimate of drug-likeness (QED) is 0.838. The SMILES string of the molecule is O=C(NC1CC1)c1ccc(NCCc2ccc(Cl)cc2Cl)nn1. The minimum absolute atomic E-state index is 0.167. The largest absolute Gasteiger partial charge is 0.368 e. The molecule has 0 atom stereocenters. The summed E-state index contributed by atoms with van der Waals surface area (Å²) in [4.78, 5) is 11.8. The van der Waals surface area contributed by atoms with E-state index in [0.29, 0.717) is 34.1 Å². The molecule has 1 fully saturated rings. The molecule has 2 aromatic rings. The highest BCUT2D eigenvalue weighted by Crippen LogP contribution is 2.21. The maximum atomic E-state index is 11.8. The molecule has 23 heavy (non-hydrogen) atoms. The van der Waals surface area contributed by atoms with Crippen molar-refractivity contribution < 1.29 is 4.79 Å². The van der Waals surface area contributed by atoms with E-state index in [-0.39, 0.29) is 5.91 Å². The number of hydrogen-bond acceptors (Lipinski definition) is 4. The lowest BCUT2D eigenvalue weighted by Crippen LogP contribution is -2.26. The van der Waals surface area contributed by atoms with E-state index in [2.05, 4.69) is 20.8 Å². The third-order valence-electron chi connectivity index (χ3n) is 3.53. The maximum Gasteiger partial charge on any atom is 0.272 e. The van der Waals surface area contributed by atoms with Crippen molar-refractivity contribution in [1.82, 2.24) is 15.5 Å². The van der Waals surface area contributed by atoms with Crippen molar-refractivity contribution in [3.05, 3.63) is 51.6 Å². The molecule has 1 heterocycles. The zero-order valence-electron chi connectivity index (χ0n) is 12.4. The summed E-state index contributed by atoms with van der Waals surface area (Å²) in [6.45, 7) is 0.656. The molecule has 0 saturated heterocycles. The van der Waals surface area contributed by atoms with Gasteiger partial charge in [-0.15, -0.1) is 10.2 Å². The molecule has 5 nitrogen and oxygen atoms in total. The summed E-state index contributed by atoms with van der Waals surface area (Å²) in [6.07, 6.45) is 2.83. The Balaban J connectivity index is 1.51. The van der Waals surface area contributed by atoms with Gasteiger partial charge in [0.2, 0.25) is 0 Å². The second kappa shape index (κ2) is 7.15. The van der Waals surface area contributed by atoms with Gasteiger partial charge in [0.25, 0.3) is 5.91 Å². The first-order valence-electron chi connectivity index (χ1n) is 7.44. The molecule has 0 bridgehead atoms. The lowest BCUT2D eigenvalue weighted by Gasteiger charge is -2.07. The van der Waals surface area contributed by atoms with Crippen LogP contribution in [0.15, 0.2) is 30.3 Å². The van der Waals surface area contributed by atoms with Crippen molar-refractivity contribution in [2.24, 2.45) is 0 Å².